The molecule has 5 heteroatoms. The van der Waals surface area contributed by atoms with Crippen molar-refractivity contribution in [2.75, 3.05) is 11.4 Å². The van der Waals surface area contributed by atoms with Crippen LogP contribution in [0, 0.1) is 12.3 Å². The molecule has 0 fully saturated rings. The van der Waals surface area contributed by atoms with Crippen LogP contribution in [0.3, 0.4) is 0 Å². The number of aryl methyl sites for hydroxylation is 1. The van der Waals surface area contributed by atoms with Gasteiger partial charge in [-0.2, -0.15) is 10.2 Å². The molecule has 0 N–H and O–H groups in total. The van der Waals surface area contributed by atoms with Crippen LogP contribution in [0.5, 0.6) is 0 Å². The van der Waals surface area contributed by atoms with Crippen LogP contribution in [0.4, 0.5) is 5.69 Å². The average Bonchev–Trinajstić information content (AvgIpc) is 3.30. The molecule has 5 nitrogen and oxygen atoms in total. The molecule has 3 rings (SSSR count). The Morgan fingerprint density at radius 3 is 3.05 bits per heavy atom. The quantitative estimate of drug-likeness (QED) is 0.780. The molecule has 3 heterocycles. The number of fused-ring (bicyclic) bond motifs is 1. The van der Waals surface area contributed by atoms with E-state index < -0.39 is 0 Å². The van der Waals surface area contributed by atoms with Crippen molar-refractivity contribution < 1.29 is 4.79 Å². The van der Waals surface area contributed by atoms with Gasteiger partial charge >= 0.3 is 0 Å². The standard InChI is InChI=1S/C16H18N4O/c1-2-3-9-16(18-19-16)10-8-15(21)20-12-5-6-13-14(20)7-4-11-17-13/h1,4,7,11H,3,5-6,8-10,12H2. The van der Waals surface area contributed by atoms with E-state index >= 15 is 0 Å². The molecule has 0 saturated carbocycles. The van der Waals surface area contributed by atoms with E-state index in [1.54, 1.807) is 6.20 Å². The maximum Gasteiger partial charge on any atom is 0.227 e. The molecule has 2 aliphatic rings. The third kappa shape index (κ3) is 2.94. The summed E-state index contributed by atoms with van der Waals surface area (Å²) in [5.41, 5.74) is 1.59. The highest BCUT2D eigenvalue weighted by Crippen LogP contribution is 2.38. The Hall–Kier alpha value is -2.22. The SMILES string of the molecule is C#CCCC1(CCC(=O)N2CCCc3ncccc32)N=N1. The van der Waals surface area contributed by atoms with E-state index in [-0.39, 0.29) is 11.6 Å². The molecule has 108 valence electrons. The monoisotopic (exact) mass is 282 g/mol. The average molecular weight is 282 g/mol. The Labute approximate surface area is 124 Å². The largest absolute Gasteiger partial charge is 0.311 e. The maximum absolute atomic E-state index is 12.5. The van der Waals surface area contributed by atoms with Gasteiger partial charge in [0.15, 0.2) is 5.66 Å². The van der Waals surface area contributed by atoms with Crippen LogP contribution in [-0.4, -0.2) is 23.1 Å². The molecule has 0 radical (unpaired) electrons. The van der Waals surface area contributed by atoms with Gasteiger partial charge in [-0.25, -0.2) is 0 Å². The van der Waals surface area contributed by atoms with Crippen molar-refractivity contribution in [3.63, 3.8) is 0 Å². The third-order valence-corrected chi connectivity index (χ3v) is 4.05. The molecular weight excluding hydrogens is 264 g/mol. The summed E-state index contributed by atoms with van der Waals surface area (Å²) in [6.45, 7) is 0.767. The second kappa shape index (κ2) is 5.65. The van der Waals surface area contributed by atoms with Crippen LogP contribution in [-0.2, 0) is 11.2 Å². The van der Waals surface area contributed by atoms with Gasteiger partial charge in [0.1, 0.15) is 0 Å². The summed E-state index contributed by atoms with van der Waals surface area (Å²) in [5, 5.41) is 8.16. The van der Waals surface area contributed by atoms with E-state index in [1.807, 2.05) is 17.0 Å². The fraction of sp³-hybridized carbons (Fsp3) is 0.500. The van der Waals surface area contributed by atoms with Crippen LogP contribution in [0.15, 0.2) is 28.6 Å². The van der Waals surface area contributed by atoms with Crippen molar-refractivity contribution in [2.45, 2.75) is 44.2 Å². The first kappa shape index (κ1) is 13.7. The lowest BCUT2D eigenvalue weighted by atomic mass is 10.0. The van der Waals surface area contributed by atoms with Crippen molar-refractivity contribution in [3.8, 4) is 12.3 Å². The normalized spacial score (nSPS) is 18.0. The number of carbonyl (C=O) groups excluding carboxylic acids is 1. The number of hydrogen-bond acceptors (Lipinski definition) is 4. The molecule has 0 aliphatic carbocycles. The predicted octanol–water partition coefficient (Wildman–Crippen LogP) is 2.72. The topological polar surface area (TPSA) is 57.9 Å². The molecule has 0 bridgehead atoms. The lowest BCUT2D eigenvalue weighted by molar-refractivity contribution is -0.119. The number of hydrogen-bond donors (Lipinski definition) is 0. The number of anilines is 1. The molecule has 1 aromatic rings. The van der Waals surface area contributed by atoms with Crippen molar-refractivity contribution in [3.05, 3.63) is 24.0 Å². The van der Waals surface area contributed by atoms with E-state index in [4.69, 9.17) is 6.42 Å². The Balaban J connectivity index is 1.61. The van der Waals surface area contributed by atoms with E-state index in [0.29, 0.717) is 19.3 Å². The zero-order valence-electron chi connectivity index (χ0n) is 12.0. The number of carbonyl (C=O) groups is 1. The van der Waals surface area contributed by atoms with Gasteiger partial charge in [-0.15, -0.1) is 12.3 Å². The maximum atomic E-state index is 12.5. The number of pyridine rings is 1. The zero-order chi connectivity index (χ0) is 14.7. The van der Waals surface area contributed by atoms with Gasteiger partial charge in [-0.3, -0.25) is 9.78 Å². The third-order valence-electron chi connectivity index (χ3n) is 4.05. The van der Waals surface area contributed by atoms with Crippen LogP contribution >= 0.6 is 0 Å². The van der Waals surface area contributed by atoms with Crippen LogP contribution in [0.1, 0.15) is 37.8 Å². The van der Waals surface area contributed by atoms with E-state index in [0.717, 1.165) is 37.2 Å². The molecule has 21 heavy (non-hydrogen) atoms. The number of amides is 1. The van der Waals surface area contributed by atoms with Gasteiger partial charge in [0.05, 0.1) is 11.4 Å². The van der Waals surface area contributed by atoms with Gasteiger partial charge in [0.25, 0.3) is 0 Å². The summed E-state index contributed by atoms with van der Waals surface area (Å²) in [7, 11) is 0. The lowest BCUT2D eigenvalue weighted by Crippen LogP contribution is -2.36. The minimum Gasteiger partial charge on any atom is -0.311 e. The second-order valence-corrected chi connectivity index (χ2v) is 5.50. The van der Waals surface area contributed by atoms with Crippen molar-refractivity contribution in [1.29, 1.82) is 0 Å². The van der Waals surface area contributed by atoms with Crippen LogP contribution < -0.4 is 4.90 Å². The van der Waals surface area contributed by atoms with E-state index in [1.165, 1.54) is 0 Å². The van der Waals surface area contributed by atoms with Crippen molar-refractivity contribution in [2.24, 2.45) is 10.2 Å². The highest BCUT2D eigenvalue weighted by molar-refractivity contribution is 5.94. The molecule has 2 aliphatic heterocycles. The van der Waals surface area contributed by atoms with Gasteiger partial charge < -0.3 is 4.90 Å². The van der Waals surface area contributed by atoms with E-state index in [2.05, 4.69) is 21.1 Å². The Bertz CT molecular complexity index is 611. The van der Waals surface area contributed by atoms with Gasteiger partial charge in [0, 0.05) is 38.4 Å². The predicted molar refractivity (Wildman–Crippen MR) is 79.8 cm³/mol. The van der Waals surface area contributed by atoms with Gasteiger partial charge in [-0.1, -0.05) is 0 Å². The Morgan fingerprint density at radius 1 is 1.43 bits per heavy atom. The number of terminal acetylenes is 1. The van der Waals surface area contributed by atoms with Crippen LogP contribution in [0.2, 0.25) is 0 Å². The Morgan fingerprint density at radius 2 is 2.29 bits per heavy atom. The molecular formula is C16H18N4O. The number of rotatable bonds is 5. The minimum atomic E-state index is -0.379. The first-order valence-corrected chi connectivity index (χ1v) is 7.36. The fourth-order valence-corrected chi connectivity index (χ4v) is 2.76. The highest BCUT2D eigenvalue weighted by atomic mass is 16.2. The lowest BCUT2D eigenvalue weighted by Gasteiger charge is -2.29. The van der Waals surface area contributed by atoms with Gasteiger partial charge in [0.2, 0.25) is 5.91 Å². The molecule has 1 amide bonds. The van der Waals surface area contributed by atoms with Crippen molar-refractivity contribution in [1.82, 2.24) is 4.98 Å². The zero-order valence-corrected chi connectivity index (χ0v) is 12.0. The summed E-state index contributed by atoms with van der Waals surface area (Å²) in [6.07, 6.45) is 11.5. The molecule has 0 unspecified atom stereocenters. The summed E-state index contributed by atoms with van der Waals surface area (Å²) in [5.74, 6) is 2.73. The fourth-order valence-electron chi connectivity index (χ4n) is 2.76. The molecule has 0 aromatic carbocycles. The smallest absolute Gasteiger partial charge is 0.227 e. The Kier molecular flexibility index (Phi) is 3.70. The molecule has 0 atom stereocenters. The molecule has 0 saturated heterocycles. The summed E-state index contributed by atoms with van der Waals surface area (Å²) >= 11 is 0. The van der Waals surface area contributed by atoms with Crippen LogP contribution in [0.25, 0.3) is 0 Å². The summed E-state index contributed by atoms with van der Waals surface area (Å²) in [4.78, 5) is 18.7. The van der Waals surface area contributed by atoms with Crippen molar-refractivity contribution >= 4 is 11.6 Å². The minimum absolute atomic E-state index is 0.126. The summed E-state index contributed by atoms with van der Waals surface area (Å²) in [6, 6.07) is 3.85. The summed E-state index contributed by atoms with van der Waals surface area (Å²) < 4.78 is 0. The second-order valence-electron chi connectivity index (χ2n) is 5.50. The number of aromatic nitrogens is 1. The number of nitrogens with zero attached hydrogens (tertiary/aromatic N) is 4. The molecule has 0 spiro atoms. The first-order chi connectivity index (χ1) is 10.2. The molecule has 1 aromatic heterocycles. The first-order valence-electron chi connectivity index (χ1n) is 7.36. The van der Waals surface area contributed by atoms with E-state index in [9.17, 15) is 4.79 Å². The van der Waals surface area contributed by atoms with Gasteiger partial charge in [-0.05, 0) is 25.0 Å². The highest BCUT2D eigenvalue weighted by Gasteiger charge is 2.39.